The Balaban J connectivity index is 2.23. The van der Waals surface area contributed by atoms with Gasteiger partial charge < -0.3 is 10.5 Å². The molecule has 3 rings (SSSR count). The number of rotatable bonds is 1. The first-order valence-electron chi connectivity index (χ1n) is 6.71. The Hall–Kier alpha value is -2.61. The van der Waals surface area contributed by atoms with Gasteiger partial charge in [-0.3, -0.25) is 4.79 Å². The predicted octanol–water partition coefficient (Wildman–Crippen LogP) is 2.64. The van der Waals surface area contributed by atoms with Gasteiger partial charge in [-0.2, -0.15) is 5.26 Å². The van der Waals surface area contributed by atoms with Gasteiger partial charge >= 0.3 is 0 Å². The summed E-state index contributed by atoms with van der Waals surface area (Å²) in [6, 6.07) is 8.08. The zero-order chi connectivity index (χ0) is 15.0. The van der Waals surface area contributed by atoms with E-state index in [0.717, 1.165) is 0 Å². The number of Topliss-reactive ketones (excluding diaryl/α,β-unsaturated/α-hetero) is 1. The number of benzene rings is 1. The summed E-state index contributed by atoms with van der Waals surface area (Å²) in [5.41, 5.74) is 6.53. The lowest BCUT2D eigenvalue weighted by Crippen LogP contribution is -2.27. The van der Waals surface area contributed by atoms with Crippen LogP contribution < -0.4 is 5.73 Å². The van der Waals surface area contributed by atoms with Gasteiger partial charge in [-0.1, -0.05) is 18.2 Å². The number of nitrogens with two attached hydrogens (primary N) is 1. The average Bonchev–Trinajstić information content (AvgIpc) is 2.47. The lowest BCUT2D eigenvalue weighted by atomic mass is 9.77. The van der Waals surface area contributed by atoms with Crippen molar-refractivity contribution >= 4 is 5.78 Å². The van der Waals surface area contributed by atoms with Crippen molar-refractivity contribution < 1.29 is 13.9 Å². The van der Waals surface area contributed by atoms with Gasteiger partial charge in [-0.05, 0) is 12.5 Å². The fourth-order valence-corrected chi connectivity index (χ4v) is 2.88. The first kappa shape index (κ1) is 13.4. The number of nitriles is 1. The van der Waals surface area contributed by atoms with Crippen LogP contribution in [0.2, 0.25) is 0 Å². The molecule has 5 heteroatoms. The van der Waals surface area contributed by atoms with Crippen molar-refractivity contribution in [2.24, 2.45) is 5.73 Å². The van der Waals surface area contributed by atoms with E-state index >= 15 is 0 Å². The van der Waals surface area contributed by atoms with E-state index in [0.29, 0.717) is 30.6 Å². The first-order chi connectivity index (χ1) is 10.1. The number of carbonyl (C=O) groups excluding carboxylic acids is 1. The van der Waals surface area contributed by atoms with Crippen molar-refractivity contribution in [1.29, 1.82) is 5.26 Å². The molecule has 1 aliphatic heterocycles. The molecule has 0 radical (unpaired) electrons. The van der Waals surface area contributed by atoms with Crippen LogP contribution in [-0.2, 0) is 9.53 Å². The second-order valence-electron chi connectivity index (χ2n) is 5.06. The molecule has 106 valence electrons. The molecule has 4 nitrogen and oxygen atoms in total. The topological polar surface area (TPSA) is 76.1 Å². The lowest BCUT2D eigenvalue weighted by Gasteiger charge is -2.31. The minimum absolute atomic E-state index is 0.0424. The molecule has 2 aliphatic rings. The van der Waals surface area contributed by atoms with Crippen molar-refractivity contribution in [2.75, 3.05) is 0 Å². The number of nitrogens with zero attached hydrogens (tertiary/aromatic N) is 1. The number of halogens is 1. The van der Waals surface area contributed by atoms with Crippen LogP contribution in [-0.4, -0.2) is 5.78 Å². The number of ketones is 1. The number of ether oxygens (including phenoxy) is 1. The smallest absolute Gasteiger partial charge is 0.205 e. The molecule has 2 N–H and O–H groups in total. The van der Waals surface area contributed by atoms with Crippen LogP contribution in [0.5, 0.6) is 0 Å². The molecule has 0 aromatic heterocycles. The third kappa shape index (κ3) is 2.09. The number of hydrogen-bond acceptors (Lipinski definition) is 4. The number of allylic oxidation sites excluding steroid dienone is 3. The van der Waals surface area contributed by atoms with E-state index in [-0.39, 0.29) is 22.8 Å². The zero-order valence-corrected chi connectivity index (χ0v) is 11.2. The van der Waals surface area contributed by atoms with Gasteiger partial charge in [0.15, 0.2) is 5.78 Å². The molecule has 1 aromatic rings. The van der Waals surface area contributed by atoms with Crippen LogP contribution in [0.1, 0.15) is 30.7 Å². The molecule has 0 bridgehead atoms. The summed E-state index contributed by atoms with van der Waals surface area (Å²) >= 11 is 0. The normalized spacial score (nSPS) is 21.7. The van der Waals surface area contributed by atoms with Crippen molar-refractivity contribution in [3.05, 3.63) is 58.4 Å². The Bertz CT molecular complexity index is 728. The fourth-order valence-electron chi connectivity index (χ4n) is 2.88. The van der Waals surface area contributed by atoms with Crippen molar-refractivity contribution in [2.45, 2.75) is 25.2 Å². The Morgan fingerprint density at radius 2 is 2.10 bits per heavy atom. The van der Waals surface area contributed by atoms with E-state index in [9.17, 15) is 14.4 Å². The largest absolute Gasteiger partial charge is 0.444 e. The van der Waals surface area contributed by atoms with Gasteiger partial charge in [0.25, 0.3) is 0 Å². The molecular weight excluding hydrogens is 271 g/mol. The molecule has 0 saturated carbocycles. The van der Waals surface area contributed by atoms with E-state index in [1.165, 1.54) is 6.07 Å². The van der Waals surface area contributed by atoms with Gasteiger partial charge in [0.1, 0.15) is 23.2 Å². The Morgan fingerprint density at radius 3 is 2.81 bits per heavy atom. The summed E-state index contributed by atoms with van der Waals surface area (Å²) in [4.78, 5) is 12.3. The first-order valence-corrected chi connectivity index (χ1v) is 6.71. The molecule has 1 aliphatic carbocycles. The highest BCUT2D eigenvalue weighted by atomic mass is 19.1. The van der Waals surface area contributed by atoms with Crippen molar-refractivity contribution in [1.82, 2.24) is 0 Å². The number of carbonyl (C=O) groups is 1. The standard InChI is InChI=1S/C16H13FN2O2/c17-11-5-2-1-4-9(11)14-10(8-18)16(19)21-13-7-3-6-12(20)15(13)14/h1-2,4-5,14H,3,6-7,19H2/t14-/m1/s1. The molecule has 0 fully saturated rings. The van der Waals surface area contributed by atoms with Gasteiger partial charge in [0, 0.05) is 24.0 Å². The van der Waals surface area contributed by atoms with Crippen LogP contribution in [0.25, 0.3) is 0 Å². The molecule has 0 spiro atoms. The van der Waals surface area contributed by atoms with E-state index in [1.807, 2.05) is 6.07 Å². The van der Waals surface area contributed by atoms with Crippen LogP contribution >= 0.6 is 0 Å². The second kappa shape index (κ2) is 5.06. The van der Waals surface area contributed by atoms with Gasteiger partial charge in [0.2, 0.25) is 5.88 Å². The van der Waals surface area contributed by atoms with E-state index in [4.69, 9.17) is 10.5 Å². The lowest BCUT2D eigenvalue weighted by molar-refractivity contribution is -0.116. The molecule has 1 atom stereocenters. The Morgan fingerprint density at radius 1 is 1.33 bits per heavy atom. The van der Waals surface area contributed by atoms with E-state index in [1.54, 1.807) is 18.2 Å². The Kier molecular flexibility index (Phi) is 3.22. The summed E-state index contributed by atoms with van der Waals surface area (Å²) in [5.74, 6) is -0.914. The Labute approximate surface area is 121 Å². The third-order valence-corrected chi connectivity index (χ3v) is 3.82. The molecular formula is C16H13FN2O2. The van der Waals surface area contributed by atoms with E-state index < -0.39 is 11.7 Å². The van der Waals surface area contributed by atoms with Crippen molar-refractivity contribution in [3.8, 4) is 6.07 Å². The van der Waals surface area contributed by atoms with Gasteiger partial charge in [-0.25, -0.2) is 4.39 Å². The average molecular weight is 284 g/mol. The molecule has 0 unspecified atom stereocenters. The minimum atomic E-state index is -0.771. The molecule has 21 heavy (non-hydrogen) atoms. The van der Waals surface area contributed by atoms with Crippen molar-refractivity contribution in [3.63, 3.8) is 0 Å². The summed E-state index contributed by atoms with van der Waals surface area (Å²) in [6.45, 7) is 0. The molecule has 0 amide bonds. The molecule has 1 heterocycles. The van der Waals surface area contributed by atoms with Gasteiger partial charge in [0.05, 0.1) is 5.92 Å². The monoisotopic (exact) mass is 284 g/mol. The van der Waals surface area contributed by atoms with E-state index in [2.05, 4.69) is 0 Å². The van der Waals surface area contributed by atoms with Crippen LogP contribution in [0.4, 0.5) is 4.39 Å². The highest BCUT2D eigenvalue weighted by Gasteiger charge is 2.38. The zero-order valence-electron chi connectivity index (χ0n) is 11.2. The summed E-state index contributed by atoms with van der Waals surface area (Å²) in [6.07, 6.45) is 1.63. The highest BCUT2D eigenvalue weighted by Crippen LogP contribution is 2.43. The third-order valence-electron chi connectivity index (χ3n) is 3.82. The number of hydrogen-bond donors (Lipinski definition) is 1. The SMILES string of the molecule is N#CC1=C(N)OC2=C(C(=O)CCC2)[C@@H]1c1ccccc1F. The summed E-state index contributed by atoms with van der Waals surface area (Å²) in [5, 5.41) is 9.34. The maximum atomic E-state index is 14.1. The minimum Gasteiger partial charge on any atom is -0.444 e. The van der Waals surface area contributed by atoms with Crippen LogP contribution in [0, 0.1) is 17.1 Å². The molecule has 0 saturated heterocycles. The maximum absolute atomic E-state index is 14.1. The predicted molar refractivity (Wildman–Crippen MR) is 72.9 cm³/mol. The summed E-state index contributed by atoms with van der Waals surface area (Å²) in [7, 11) is 0. The summed E-state index contributed by atoms with van der Waals surface area (Å²) < 4.78 is 19.6. The second-order valence-corrected chi connectivity index (χ2v) is 5.06. The highest BCUT2D eigenvalue weighted by molar-refractivity contribution is 5.99. The maximum Gasteiger partial charge on any atom is 0.205 e. The van der Waals surface area contributed by atoms with Gasteiger partial charge in [-0.15, -0.1) is 0 Å². The fraction of sp³-hybridized carbons (Fsp3) is 0.250. The molecule has 1 aromatic carbocycles. The quantitative estimate of drug-likeness (QED) is 0.860. The van der Waals surface area contributed by atoms with Crippen LogP contribution in [0.15, 0.2) is 47.1 Å². The van der Waals surface area contributed by atoms with Crippen LogP contribution in [0.3, 0.4) is 0 Å².